The molecule has 1 heterocycles. The van der Waals surface area contributed by atoms with Gasteiger partial charge in [0.25, 0.3) is 5.91 Å². The minimum absolute atomic E-state index is 0.0292. The van der Waals surface area contributed by atoms with Gasteiger partial charge in [-0.05, 0) is 31.5 Å². The molecule has 2 rings (SSSR count). The molecule has 0 saturated heterocycles. The van der Waals surface area contributed by atoms with Gasteiger partial charge in [0, 0.05) is 18.7 Å². The maximum Gasteiger partial charge on any atom is 0.251 e. The molecule has 0 fully saturated rings. The van der Waals surface area contributed by atoms with Gasteiger partial charge in [0.2, 0.25) is 5.91 Å². The van der Waals surface area contributed by atoms with Crippen LogP contribution in [-0.4, -0.2) is 39.9 Å². The standard InChI is InChI=1S/C14H19N5O2/c1-3-7-15-13(20)9-16-14(21)10-5-6-12-11(8-10)17-18-19(12)4-2/h5-6,8H,3-4,7,9H2,1-2H3,(H,15,20)(H,16,21). The summed E-state index contributed by atoms with van der Waals surface area (Å²) in [7, 11) is 0. The SMILES string of the molecule is CCCNC(=O)CNC(=O)c1ccc2c(c1)nnn2CC. The van der Waals surface area contributed by atoms with Crippen molar-refractivity contribution in [2.75, 3.05) is 13.1 Å². The largest absolute Gasteiger partial charge is 0.355 e. The molecule has 1 aromatic carbocycles. The minimum atomic E-state index is -0.297. The molecule has 0 aliphatic heterocycles. The Morgan fingerprint density at radius 1 is 1.24 bits per heavy atom. The van der Waals surface area contributed by atoms with Crippen molar-refractivity contribution in [3.05, 3.63) is 23.8 Å². The number of amides is 2. The van der Waals surface area contributed by atoms with Crippen molar-refractivity contribution < 1.29 is 9.59 Å². The molecule has 21 heavy (non-hydrogen) atoms. The van der Waals surface area contributed by atoms with Gasteiger partial charge in [-0.15, -0.1) is 5.10 Å². The zero-order valence-corrected chi connectivity index (χ0v) is 12.2. The second kappa shape index (κ2) is 6.83. The van der Waals surface area contributed by atoms with Crippen molar-refractivity contribution in [3.8, 4) is 0 Å². The van der Waals surface area contributed by atoms with E-state index in [-0.39, 0.29) is 18.4 Å². The third kappa shape index (κ3) is 3.56. The highest BCUT2D eigenvalue weighted by atomic mass is 16.2. The Bertz CT molecular complexity index is 650. The number of nitrogens with one attached hydrogen (secondary N) is 2. The van der Waals surface area contributed by atoms with Crippen LogP contribution in [0.5, 0.6) is 0 Å². The molecule has 7 heteroatoms. The Morgan fingerprint density at radius 3 is 2.76 bits per heavy atom. The molecule has 0 bridgehead atoms. The molecule has 0 spiro atoms. The van der Waals surface area contributed by atoms with E-state index in [1.54, 1.807) is 16.8 Å². The van der Waals surface area contributed by atoms with Gasteiger partial charge in [0.05, 0.1) is 12.1 Å². The van der Waals surface area contributed by atoms with E-state index < -0.39 is 0 Å². The molecular weight excluding hydrogens is 270 g/mol. The van der Waals surface area contributed by atoms with Gasteiger partial charge in [-0.3, -0.25) is 9.59 Å². The molecule has 0 aliphatic carbocycles. The first kappa shape index (κ1) is 15.0. The van der Waals surface area contributed by atoms with Gasteiger partial charge in [-0.25, -0.2) is 4.68 Å². The predicted octanol–water partition coefficient (Wildman–Crippen LogP) is 0.707. The van der Waals surface area contributed by atoms with Crippen LogP contribution in [0.3, 0.4) is 0 Å². The second-order valence-electron chi connectivity index (χ2n) is 4.64. The summed E-state index contributed by atoms with van der Waals surface area (Å²) in [5.74, 6) is -0.488. The van der Waals surface area contributed by atoms with Crippen molar-refractivity contribution in [2.45, 2.75) is 26.8 Å². The molecule has 2 aromatic rings. The maximum atomic E-state index is 12.0. The van der Waals surface area contributed by atoms with E-state index in [4.69, 9.17) is 0 Å². The molecule has 7 nitrogen and oxygen atoms in total. The molecule has 2 N–H and O–H groups in total. The summed E-state index contributed by atoms with van der Waals surface area (Å²) in [5.41, 5.74) is 2.02. The van der Waals surface area contributed by atoms with E-state index in [0.29, 0.717) is 17.6 Å². The van der Waals surface area contributed by atoms with Crippen molar-refractivity contribution in [2.24, 2.45) is 0 Å². The third-order valence-electron chi connectivity index (χ3n) is 3.06. The lowest BCUT2D eigenvalue weighted by Gasteiger charge is -2.06. The average Bonchev–Trinajstić information content (AvgIpc) is 2.92. The Kier molecular flexibility index (Phi) is 4.86. The first-order chi connectivity index (χ1) is 10.2. The Morgan fingerprint density at radius 2 is 2.05 bits per heavy atom. The fourth-order valence-corrected chi connectivity index (χ4v) is 1.94. The number of rotatable bonds is 6. The smallest absolute Gasteiger partial charge is 0.251 e. The lowest BCUT2D eigenvalue weighted by molar-refractivity contribution is -0.120. The van der Waals surface area contributed by atoms with Crippen molar-refractivity contribution in [3.63, 3.8) is 0 Å². The van der Waals surface area contributed by atoms with Gasteiger partial charge < -0.3 is 10.6 Å². The highest BCUT2D eigenvalue weighted by molar-refractivity contribution is 5.98. The van der Waals surface area contributed by atoms with E-state index in [0.717, 1.165) is 18.5 Å². The Labute approximate surface area is 122 Å². The summed E-state index contributed by atoms with van der Waals surface area (Å²) in [5, 5.41) is 13.3. The number of nitrogens with zero attached hydrogens (tertiary/aromatic N) is 3. The van der Waals surface area contributed by atoms with Gasteiger partial charge >= 0.3 is 0 Å². The van der Waals surface area contributed by atoms with Gasteiger partial charge in [0.1, 0.15) is 5.52 Å². The minimum Gasteiger partial charge on any atom is -0.355 e. The fourth-order valence-electron chi connectivity index (χ4n) is 1.94. The van der Waals surface area contributed by atoms with Crippen LogP contribution in [-0.2, 0) is 11.3 Å². The molecular formula is C14H19N5O2. The number of benzene rings is 1. The van der Waals surface area contributed by atoms with Gasteiger partial charge in [-0.2, -0.15) is 0 Å². The van der Waals surface area contributed by atoms with Crippen LogP contribution in [0.15, 0.2) is 18.2 Å². The zero-order valence-electron chi connectivity index (χ0n) is 12.2. The monoisotopic (exact) mass is 289 g/mol. The zero-order chi connectivity index (χ0) is 15.2. The van der Waals surface area contributed by atoms with Gasteiger partial charge in [-0.1, -0.05) is 12.1 Å². The van der Waals surface area contributed by atoms with Crippen LogP contribution >= 0.6 is 0 Å². The number of hydrogen-bond acceptors (Lipinski definition) is 4. The molecule has 1 aromatic heterocycles. The van der Waals surface area contributed by atoms with E-state index in [9.17, 15) is 9.59 Å². The van der Waals surface area contributed by atoms with Crippen LogP contribution in [0.2, 0.25) is 0 Å². The second-order valence-corrected chi connectivity index (χ2v) is 4.64. The van der Waals surface area contributed by atoms with Crippen LogP contribution in [0.4, 0.5) is 0 Å². The summed E-state index contributed by atoms with van der Waals surface area (Å²) >= 11 is 0. The number of carbonyl (C=O) groups is 2. The summed E-state index contributed by atoms with van der Waals surface area (Å²) in [6.45, 7) is 5.25. The maximum absolute atomic E-state index is 12.0. The van der Waals surface area contributed by atoms with E-state index in [1.807, 2.05) is 19.9 Å². The van der Waals surface area contributed by atoms with Crippen LogP contribution < -0.4 is 10.6 Å². The lowest BCUT2D eigenvalue weighted by atomic mass is 10.2. The van der Waals surface area contributed by atoms with Crippen LogP contribution in [0.25, 0.3) is 11.0 Å². The van der Waals surface area contributed by atoms with Gasteiger partial charge in [0.15, 0.2) is 0 Å². The molecule has 2 amide bonds. The van der Waals surface area contributed by atoms with E-state index in [1.165, 1.54) is 0 Å². The molecule has 0 aliphatic rings. The van der Waals surface area contributed by atoms with Crippen LogP contribution in [0.1, 0.15) is 30.6 Å². The van der Waals surface area contributed by atoms with E-state index in [2.05, 4.69) is 20.9 Å². The molecule has 0 radical (unpaired) electrons. The fraction of sp³-hybridized carbons (Fsp3) is 0.429. The third-order valence-corrected chi connectivity index (χ3v) is 3.06. The molecule has 112 valence electrons. The lowest BCUT2D eigenvalue weighted by Crippen LogP contribution is -2.37. The van der Waals surface area contributed by atoms with Crippen molar-refractivity contribution >= 4 is 22.8 Å². The molecule has 0 atom stereocenters. The number of fused-ring (bicyclic) bond motifs is 1. The number of hydrogen-bond donors (Lipinski definition) is 2. The normalized spacial score (nSPS) is 10.6. The summed E-state index contributed by atoms with van der Waals surface area (Å²) in [4.78, 5) is 23.4. The quantitative estimate of drug-likeness (QED) is 0.819. The Hall–Kier alpha value is -2.44. The molecule has 0 saturated carbocycles. The molecule has 0 unspecified atom stereocenters. The predicted molar refractivity (Wildman–Crippen MR) is 78.8 cm³/mol. The first-order valence-electron chi connectivity index (χ1n) is 7.03. The van der Waals surface area contributed by atoms with Crippen molar-refractivity contribution in [1.82, 2.24) is 25.6 Å². The highest BCUT2D eigenvalue weighted by Gasteiger charge is 2.10. The van der Waals surface area contributed by atoms with E-state index >= 15 is 0 Å². The summed E-state index contributed by atoms with van der Waals surface area (Å²) in [6.07, 6.45) is 0.865. The number of aryl methyl sites for hydroxylation is 1. The Balaban J connectivity index is 2.01. The van der Waals surface area contributed by atoms with Crippen LogP contribution in [0, 0.1) is 0 Å². The topological polar surface area (TPSA) is 88.9 Å². The summed E-state index contributed by atoms with van der Waals surface area (Å²) < 4.78 is 1.76. The average molecular weight is 289 g/mol. The first-order valence-corrected chi connectivity index (χ1v) is 7.03. The highest BCUT2D eigenvalue weighted by Crippen LogP contribution is 2.13. The van der Waals surface area contributed by atoms with Crippen molar-refractivity contribution in [1.29, 1.82) is 0 Å². The number of aromatic nitrogens is 3. The number of carbonyl (C=O) groups excluding carboxylic acids is 2. The summed E-state index contributed by atoms with van der Waals surface area (Å²) in [6, 6.07) is 5.19.